The third kappa shape index (κ3) is 2.01. The maximum Gasteiger partial charge on any atom is 0.153 e. The summed E-state index contributed by atoms with van der Waals surface area (Å²) in [4.78, 5) is 0. The fraction of sp³-hybridized carbons (Fsp3) is 0.700. The number of aromatic nitrogens is 1. The standard InChI is InChI=1S/C10H14N2O3S2/c13-17(14)6-2-10(7-17)9(11-3-4-15-10)8-1-5-16-12-8/h1,5,9,11H,2-4,6-7H2. The molecule has 1 aromatic heterocycles. The Hall–Kier alpha value is -0.500. The number of nitrogens with one attached hydrogen (secondary N) is 1. The van der Waals surface area contributed by atoms with Gasteiger partial charge >= 0.3 is 0 Å². The molecule has 0 saturated carbocycles. The fourth-order valence-corrected chi connectivity index (χ4v) is 5.15. The lowest BCUT2D eigenvalue weighted by Crippen LogP contribution is -2.53. The van der Waals surface area contributed by atoms with Crippen molar-refractivity contribution in [1.82, 2.24) is 9.69 Å². The van der Waals surface area contributed by atoms with E-state index in [2.05, 4.69) is 9.69 Å². The molecular weight excluding hydrogens is 260 g/mol. The van der Waals surface area contributed by atoms with Crippen molar-refractivity contribution in [3.05, 3.63) is 17.1 Å². The molecule has 2 unspecified atom stereocenters. The molecule has 0 aromatic carbocycles. The van der Waals surface area contributed by atoms with Gasteiger partial charge in [0.1, 0.15) is 5.60 Å². The Balaban J connectivity index is 1.96. The maximum absolute atomic E-state index is 11.7. The predicted octanol–water partition coefficient (Wildman–Crippen LogP) is 0.361. The number of morpholine rings is 1. The SMILES string of the molecule is O=S1(=O)CCC2(C1)OCCNC2c1ccsn1. The number of nitrogens with zero attached hydrogens (tertiary/aromatic N) is 1. The molecule has 2 saturated heterocycles. The summed E-state index contributed by atoms with van der Waals surface area (Å²) in [5, 5.41) is 5.25. The van der Waals surface area contributed by atoms with Gasteiger partial charge in [0.15, 0.2) is 9.84 Å². The van der Waals surface area contributed by atoms with E-state index in [1.807, 2.05) is 11.4 Å². The Bertz CT molecular complexity index is 500. The van der Waals surface area contributed by atoms with E-state index in [-0.39, 0.29) is 17.5 Å². The van der Waals surface area contributed by atoms with Gasteiger partial charge in [-0.15, -0.1) is 0 Å². The van der Waals surface area contributed by atoms with Crippen LogP contribution >= 0.6 is 11.5 Å². The first kappa shape index (κ1) is 11.6. The van der Waals surface area contributed by atoms with E-state index in [4.69, 9.17) is 4.74 Å². The number of rotatable bonds is 1. The minimum Gasteiger partial charge on any atom is -0.371 e. The number of sulfone groups is 1. The lowest BCUT2D eigenvalue weighted by Gasteiger charge is -2.40. The summed E-state index contributed by atoms with van der Waals surface area (Å²) in [6.45, 7) is 1.31. The highest BCUT2D eigenvalue weighted by atomic mass is 32.2. The second-order valence-corrected chi connectivity index (χ2v) is 7.42. The van der Waals surface area contributed by atoms with Crippen LogP contribution in [0.15, 0.2) is 11.4 Å². The molecule has 3 heterocycles. The average Bonchev–Trinajstić information content (AvgIpc) is 2.88. The lowest BCUT2D eigenvalue weighted by molar-refractivity contribution is -0.0807. The van der Waals surface area contributed by atoms with E-state index in [9.17, 15) is 8.42 Å². The van der Waals surface area contributed by atoms with Crippen LogP contribution in [0.1, 0.15) is 18.2 Å². The molecule has 0 radical (unpaired) electrons. The molecule has 0 bridgehead atoms. The smallest absolute Gasteiger partial charge is 0.153 e. The van der Waals surface area contributed by atoms with Crippen LogP contribution in [0.5, 0.6) is 0 Å². The zero-order valence-electron chi connectivity index (χ0n) is 9.26. The van der Waals surface area contributed by atoms with E-state index >= 15 is 0 Å². The lowest BCUT2D eigenvalue weighted by atomic mass is 9.89. The van der Waals surface area contributed by atoms with E-state index in [1.54, 1.807) is 0 Å². The van der Waals surface area contributed by atoms with E-state index in [1.165, 1.54) is 11.5 Å². The van der Waals surface area contributed by atoms with Crippen molar-refractivity contribution < 1.29 is 13.2 Å². The first-order valence-electron chi connectivity index (χ1n) is 5.59. The number of hydrogen-bond acceptors (Lipinski definition) is 6. The molecule has 0 amide bonds. The molecule has 1 spiro atoms. The highest BCUT2D eigenvalue weighted by molar-refractivity contribution is 7.91. The molecule has 2 fully saturated rings. The highest BCUT2D eigenvalue weighted by Crippen LogP contribution is 2.40. The Kier molecular flexibility index (Phi) is 2.73. The van der Waals surface area contributed by atoms with E-state index in [0.29, 0.717) is 13.0 Å². The summed E-state index contributed by atoms with van der Waals surface area (Å²) in [5.41, 5.74) is 0.289. The summed E-state index contributed by atoms with van der Waals surface area (Å²) in [6, 6.07) is 1.84. The molecule has 2 aliphatic rings. The molecule has 1 aromatic rings. The van der Waals surface area contributed by atoms with Gasteiger partial charge in [-0.2, -0.15) is 4.37 Å². The third-order valence-electron chi connectivity index (χ3n) is 3.42. The van der Waals surface area contributed by atoms with Gasteiger partial charge in [-0.3, -0.25) is 0 Å². The fourth-order valence-electron chi connectivity index (χ4n) is 2.66. The number of hydrogen-bond donors (Lipinski definition) is 1. The summed E-state index contributed by atoms with van der Waals surface area (Å²) < 4.78 is 33.5. The van der Waals surface area contributed by atoms with E-state index < -0.39 is 15.4 Å². The first-order chi connectivity index (χ1) is 8.11. The molecular formula is C10H14N2O3S2. The zero-order chi connectivity index (χ0) is 11.9. The Morgan fingerprint density at radius 3 is 3.12 bits per heavy atom. The summed E-state index contributed by atoms with van der Waals surface area (Å²) in [5.74, 6) is 0.324. The Labute approximate surface area is 104 Å². The summed E-state index contributed by atoms with van der Waals surface area (Å²) >= 11 is 1.38. The van der Waals surface area contributed by atoms with Gasteiger partial charge in [0.25, 0.3) is 0 Å². The molecule has 5 nitrogen and oxygen atoms in total. The van der Waals surface area contributed by atoms with Gasteiger partial charge in [-0.25, -0.2) is 8.42 Å². The molecule has 3 rings (SSSR count). The van der Waals surface area contributed by atoms with Gasteiger partial charge < -0.3 is 10.1 Å². The van der Waals surface area contributed by atoms with Crippen LogP contribution < -0.4 is 5.32 Å². The first-order valence-corrected chi connectivity index (χ1v) is 8.25. The molecule has 7 heteroatoms. The third-order valence-corrected chi connectivity index (χ3v) is 5.75. The summed E-state index contributed by atoms with van der Waals surface area (Å²) in [7, 11) is -2.97. The molecule has 2 aliphatic heterocycles. The van der Waals surface area contributed by atoms with Crippen LogP contribution in [-0.2, 0) is 14.6 Å². The van der Waals surface area contributed by atoms with Gasteiger partial charge in [0.05, 0.1) is 29.8 Å². The quantitative estimate of drug-likeness (QED) is 0.801. The Morgan fingerprint density at radius 1 is 1.59 bits per heavy atom. The van der Waals surface area contributed by atoms with Crippen LogP contribution in [0.3, 0.4) is 0 Å². The highest BCUT2D eigenvalue weighted by Gasteiger charge is 2.51. The van der Waals surface area contributed by atoms with Crippen molar-refractivity contribution in [2.75, 3.05) is 24.7 Å². The topological polar surface area (TPSA) is 68.3 Å². The van der Waals surface area contributed by atoms with Crippen LogP contribution in [-0.4, -0.2) is 43.0 Å². The van der Waals surface area contributed by atoms with Crippen molar-refractivity contribution >= 4 is 21.4 Å². The van der Waals surface area contributed by atoms with Gasteiger partial charge in [-0.05, 0) is 24.0 Å². The summed E-state index contributed by atoms with van der Waals surface area (Å²) in [6.07, 6.45) is 0.560. The van der Waals surface area contributed by atoms with Gasteiger partial charge in [0.2, 0.25) is 0 Å². The normalized spacial score (nSPS) is 36.4. The molecule has 0 aliphatic carbocycles. The van der Waals surface area contributed by atoms with Crippen molar-refractivity contribution in [3.8, 4) is 0 Å². The largest absolute Gasteiger partial charge is 0.371 e. The minimum absolute atomic E-state index is 0.0974. The van der Waals surface area contributed by atoms with Crippen molar-refractivity contribution in [1.29, 1.82) is 0 Å². The van der Waals surface area contributed by atoms with Gasteiger partial charge in [0, 0.05) is 11.9 Å². The van der Waals surface area contributed by atoms with Crippen molar-refractivity contribution in [3.63, 3.8) is 0 Å². The second-order valence-electron chi connectivity index (χ2n) is 4.57. The Morgan fingerprint density at radius 2 is 2.47 bits per heavy atom. The molecule has 94 valence electrons. The van der Waals surface area contributed by atoms with Crippen LogP contribution in [0, 0.1) is 0 Å². The zero-order valence-corrected chi connectivity index (χ0v) is 10.9. The maximum atomic E-state index is 11.7. The van der Waals surface area contributed by atoms with Crippen LogP contribution in [0.25, 0.3) is 0 Å². The van der Waals surface area contributed by atoms with Crippen LogP contribution in [0.2, 0.25) is 0 Å². The minimum atomic E-state index is -2.97. The van der Waals surface area contributed by atoms with E-state index in [0.717, 1.165) is 12.2 Å². The molecule has 17 heavy (non-hydrogen) atoms. The van der Waals surface area contributed by atoms with Crippen molar-refractivity contribution in [2.45, 2.75) is 18.1 Å². The second kappa shape index (κ2) is 4.01. The van der Waals surface area contributed by atoms with Crippen LogP contribution in [0.4, 0.5) is 0 Å². The monoisotopic (exact) mass is 274 g/mol. The van der Waals surface area contributed by atoms with Gasteiger partial charge in [-0.1, -0.05) is 0 Å². The number of ether oxygens (including phenoxy) is 1. The molecule has 2 atom stereocenters. The molecule has 1 N–H and O–H groups in total. The van der Waals surface area contributed by atoms with Crippen molar-refractivity contribution in [2.24, 2.45) is 0 Å². The predicted molar refractivity (Wildman–Crippen MR) is 64.8 cm³/mol. The average molecular weight is 274 g/mol.